The molecule has 3 N–H and O–H groups in total. The molecule has 0 bridgehead atoms. The van der Waals surface area contributed by atoms with E-state index < -0.39 is 0 Å². The first kappa shape index (κ1) is 15.4. The van der Waals surface area contributed by atoms with Gasteiger partial charge in [-0.25, -0.2) is 4.68 Å². The second-order valence-corrected chi connectivity index (χ2v) is 5.43. The molecule has 0 aliphatic carbocycles. The van der Waals surface area contributed by atoms with Crippen molar-refractivity contribution in [2.24, 2.45) is 10.9 Å². The molecule has 0 fully saturated rings. The molecule has 0 unspecified atom stereocenters. The summed E-state index contributed by atoms with van der Waals surface area (Å²) < 4.78 is 1.89. The van der Waals surface area contributed by atoms with Crippen molar-refractivity contribution in [2.45, 2.75) is 31.6 Å². The molecule has 112 valence electrons. The highest BCUT2D eigenvalue weighted by Crippen LogP contribution is 2.27. The van der Waals surface area contributed by atoms with Gasteiger partial charge in [0.1, 0.15) is 0 Å². The second kappa shape index (κ2) is 6.67. The van der Waals surface area contributed by atoms with Crippen LogP contribution in [-0.4, -0.2) is 27.1 Å². The second-order valence-electron chi connectivity index (χ2n) is 4.59. The number of nitrogens with two attached hydrogens (primary N) is 1. The molecule has 0 radical (unpaired) electrons. The van der Waals surface area contributed by atoms with Crippen LogP contribution in [0.1, 0.15) is 30.8 Å². The van der Waals surface area contributed by atoms with E-state index in [0.717, 1.165) is 34.8 Å². The smallest absolute Gasteiger partial charge is 0.173 e. The van der Waals surface area contributed by atoms with Crippen LogP contribution in [-0.2, 0) is 12.8 Å². The number of hydrogen-bond donors (Lipinski definition) is 2. The largest absolute Gasteiger partial charge is 0.409 e. The van der Waals surface area contributed by atoms with E-state index in [1.54, 1.807) is 11.8 Å². The number of thioether (sulfide) groups is 1. The van der Waals surface area contributed by atoms with Gasteiger partial charge in [-0.15, -0.1) is 11.8 Å². The monoisotopic (exact) mass is 304 g/mol. The van der Waals surface area contributed by atoms with Crippen molar-refractivity contribution in [1.82, 2.24) is 9.78 Å². The number of benzene rings is 1. The Labute approximate surface area is 128 Å². The van der Waals surface area contributed by atoms with Crippen LogP contribution >= 0.6 is 11.8 Å². The molecule has 6 heteroatoms. The maximum absolute atomic E-state index is 9.08. The van der Waals surface area contributed by atoms with Crippen LogP contribution in [0, 0.1) is 0 Å². The summed E-state index contributed by atoms with van der Waals surface area (Å²) in [6.45, 7) is 4.17. The van der Waals surface area contributed by atoms with Gasteiger partial charge in [-0.05, 0) is 37.3 Å². The number of aromatic nitrogens is 2. The summed E-state index contributed by atoms with van der Waals surface area (Å²) in [6.07, 6.45) is 3.71. The summed E-state index contributed by atoms with van der Waals surface area (Å²) in [5.41, 5.74) is 9.58. The highest BCUT2D eigenvalue weighted by molar-refractivity contribution is 7.98. The summed E-state index contributed by atoms with van der Waals surface area (Å²) in [5, 5.41) is 16.9. The summed E-state index contributed by atoms with van der Waals surface area (Å²) in [4.78, 5) is 0.957. The van der Waals surface area contributed by atoms with E-state index in [2.05, 4.69) is 30.2 Å². The van der Waals surface area contributed by atoms with E-state index in [4.69, 9.17) is 10.9 Å². The number of amidine groups is 1. The predicted octanol–water partition coefficient (Wildman–Crippen LogP) is 2.81. The summed E-state index contributed by atoms with van der Waals surface area (Å²) in [5.74, 6) is 0.102. The fourth-order valence-corrected chi connectivity index (χ4v) is 2.91. The average Bonchev–Trinajstić information content (AvgIpc) is 2.96. The van der Waals surface area contributed by atoms with E-state index >= 15 is 0 Å². The standard InChI is InChI=1S/C15H20N4OS/c1-4-10-9-11(5-2)19(17-10)12-7-6-8-13(21-3)14(12)15(16)18-20/h6-9,20H,4-5H2,1-3H3,(H2,16,18). The maximum atomic E-state index is 9.08. The van der Waals surface area contributed by atoms with Gasteiger partial charge in [-0.3, -0.25) is 0 Å². The Balaban J connectivity index is 2.71. The van der Waals surface area contributed by atoms with Gasteiger partial charge < -0.3 is 10.9 Å². The molecule has 0 aliphatic heterocycles. The van der Waals surface area contributed by atoms with E-state index in [-0.39, 0.29) is 5.84 Å². The highest BCUT2D eigenvalue weighted by Gasteiger charge is 2.17. The summed E-state index contributed by atoms with van der Waals surface area (Å²) in [7, 11) is 0. The van der Waals surface area contributed by atoms with Crippen molar-refractivity contribution >= 4 is 17.6 Å². The molecule has 5 nitrogen and oxygen atoms in total. The average molecular weight is 304 g/mol. The van der Waals surface area contributed by atoms with E-state index in [1.165, 1.54) is 0 Å². The molecular weight excluding hydrogens is 284 g/mol. The fourth-order valence-electron chi connectivity index (χ4n) is 2.28. The SMILES string of the molecule is CCc1cc(CC)n(-c2cccc(SC)c2/C(N)=N/O)n1. The first-order valence-electron chi connectivity index (χ1n) is 6.89. The van der Waals surface area contributed by atoms with Gasteiger partial charge in [0.05, 0.1) is 16.9 Å². The van der Waals surface area contributed by atoms with Crippen molar-refractivity contribution < 1.29 is 5.21 Å². The molecule has 0 amide bonds. The Kier molecular flexibility index (Phi) is 4.90. The van der Waals surface area contributed by atoms with E-state index in [1.807, 2.05) is 29.1 Å². The Morgan fingerprint density at radius 3 is 2.71 bits per heavy atom. The van der Waals surface area contributed by atoms with Gasteiger partial charge in [0.2, 0.25) is 0 Å². The van der Waals surface area contributed by atoms with Gasteiger partial charge in [-0.1, -0.05) is 25.1 Å². The molecule has 0 saturated carbocycles. The van der Waals surface area contributed by atoms with E-state index in [0.29, 0.717) is 5.56 Å². The van der Waals surface area contributed by atoms with Gasteiger partial charge in [0.15, 0.2) is 5.84 Å². The third kappa shape index (κ3) is 2.90. The molecule has 21 heavy (non-hydrogen) atoms. The third-order valence-electron chi connectivity index (χ3n) is 3.37. The van der Waals surface area contributed by atoms with Crippen molar-refractivity contribution in [3.05, 3.63) is 41.2 Å². The Morgan fingerprint density at radius 2 is 2.14 bits per heavy atom. The van der Waals surface area contributed by atoms with Crippen molar-refractivity contribution in [3.63, 3.8) is 0 Å². The molecule has 1 heterocycles. The molecule has 0 aliphatic rings. The lowest BCUT2D eigenvalue weighted by molar-refractivity contribution is 0.318. The van der Waals surface area contributed by atoms with Crippen molar-refractivity contribution in [1.29, 1.82) is 0 Å². The van der Waals surface area contributed by atoms with Gasteiger partial charge >= 0.3 is 0 Å². The molecule has 1 aromatic carbocycles. The number of nitrogens with zero attached hydrogens (tertiary/aromatic N) is 3. The molecule has 0 atom stereocenters. The first-order chi connectivity index (χ1) is 10.2. The minimum Gasteiger partial charge on any atom is -0.409 e. The van der Waals surface area contributed by atoms with Crippen LogP contribution < -0.4 is 5.73 Å². The van der Waals surface area contributed by atoms with Gasteiger partial charge in [0.25, 0.3) is 0 Å². The Bertz CT molecular complexity index is 664. The van der Waals surface area contributed by atoms with Gasteiger partial charge in [0, 0.05) is 10.6 Å². The zero-order valence-corrected chi connectivity index (χ0v) is 13.3. The number of rotatable bonds is 5. The minimum atomic E-state index is 0.102. The third-order valence-corrected chi connectivity index (χ3v) is 4.15. The predicted molar refractivity (Wildman–Crippen MR) is 86.6 cm³/mol. The number of hydrogen-bond acceptors (Lipinski definition) is 4. The molecule has 0 spiro atoms. The zero-order valence-electron chi connectivity index (χ0n) is 12.5. The molecule has 1 aromatic heterocycles. The summed E-state index contributed by atoms with van der Waals surface area (Å²) >= 11 is 1.56. The van der Waals surface area contributed by atoms with Gasteiger partial charge in [-0.2, -0.15) is 5.10 Å². The lowest BCUT2D eigenvalue weighted by atomic mass is 10.1. The zero-order chi connectivity index (χ0) is 15.4. The number of oxime groups is 1. The molecule has 0 saturated heterocycles. The van der Waals surface area contributed by atoms with Crippen molar-refractivity contribution in [2.75, 3.05) is 6.26 Å². The Morgan fingerprint density at radius 1 is 1.38 bits per heavy atom. The molecule has 2 rings (SSSR count). The topological polar surface area (TPSA) is 76.4 Å². The van der Waals surface area contributed by atoms with Crippen LogP contribution in [0.5, 0.6) is 0 Å². The van der Waals surface area contributed by atoms with Crippen LogP contribution in [0.25, 0.3) is 5.69 Å². The van der Waals surface area contributed by atoms with Crippen LogP contribution in [0.3, 0.4) is 0 Å². The normalized spacial score (nSPS) is 11.9. The lowest BCUT2D eigenvalue weighted by Crippen LogP contribution is -2.18. The van der Waals surface area contributed by atoms with Crippen LogP contribution in [0.4, 0.5) is 0 Å². The quantitative estimate of drug-likeness (QED) is 0.293. The lowest BCUT2D eigenvalue weighted by Gasteiger charge is -2.14. The highest BCUT2D eigenvalue weighted by atomic mass is 32.2. The van der Waals surface area contributed by atoms with Crippen LogP contribution in [0.15, 0.2) is 34.3 Å². The number of aryl methyl sites for hydroxylation is 2. The minimum absolute atomic E-state index is 0.102. The maximum Gasteiger partial charge on any atom is 0.173 e. The van der Waals surface area contributed by atoms with Crippen LogP contribution in [0.2, 0.25) is 0 Å². The van der Waals surface area contributed by atoms with Crippen molar-refractivity contribution in [3.8, 4) is 5.69 Å². The van der Waals surface area contributed by atoms with E-state index in [9.17, 15) is 0 Å². The first-order valence-corrected chi connectivity index (χ1v) is 8.11. The summed E-state index contributed by atoms with van der Waals surface area (Å²) in [6, 6.07) is 7.96. The molecular formula is C15H20N4OS. The fraction of sp³-hybridized carbons (Fsp3) is 0.333. The molecule has 2 aromatic rings. The Hall–Kier alpha value is -1.95.